The van der Waals surface area contributed by atoms with Crippen molar-refractivity contribution in [3.05, 3.63) is 107 Å². The number of hydrogen-bond donors (Lipinski definition) is 0. The van der Waals surface area contributed by atoms with Crippen LogP contribution in [0.3, 0.4) is 0 Å². The smallest absolute Gasteiger partial charge is 0.243 e. The van der Waals surface area contributed by atoms with Crippen molar-refractivity contribution in [1.82, 2.24) is 8.87 Å². The van der Waals surface area contributed by atoms with E-state index in [2.05, 4.69) is 29.7 Å². The molecule has 0 bridgehead atoms. The first-order chi connectivity index (χ1) is 16.7. The van der Waals surface area contributed by atoms with Crippen LogP contribution in [0.15, 0.2) is 77.7 Å². The van der Waals surface area contributed by atoms with Crippen LogP contribution in [0.2, 0.25) is 0 Å². The average Bonchev–Trinajstić information content (AvgIpc) is 3.11. The molecule has 4 aromatic rings. The molecule has 0 atom stereocenters. The van der Waals surface area contributed by atoms with Gasteiger partial charge in [0.2, 0.25) is 10.0 Å². The van der Waals surface area contributed by atoms with Gasteiger partial charge in [0.25, 0.3) is 0 Å². The quantitative estimate of drug-likeness (QED) is 0.334. The number of sulfonamides is 1. The van der Waals surface area contributed by atoms with Gasteiger partial charge in [0.1, 0.15) is 5.82 Å². The molecule has 3 aromatic carbocycles. The van der Waals surface area contributed by atoms with Gasteiger partial charge in [-0.25, -0.2) is 12.8 Å². The van der Waals surface area contributed by atoms with Crippen LogP contribution < -0.4 is 0 Å². The highest BCUT2D eigenvalue weighted by Crippen LogP contribution is 2.36. The number of nitrogens with zero attached hydrogens (tertiary/aromatic N) is 2. The van der Waals surface area contributed by atoms with E-state index in [1.807, 2.05) is 44.2 Å². The van der Waals surface area contributed by atoms with Crippen LogP contribution >= 0.6 is 0 Å². The van der Waals surface area contributed by atoms with Crippen molar-refractivity contribution < 1.29 is 12.8 Å². The summed E-state index contributed by atoms with van der Waals surface area (Å²) in [6.45, 7) is 7.39. The summed E-state index contributed by atoms with van der Waals surface area (Å²) in [5, 5.41) is 1.16. The van der Waals surface area contributed by atoms with Crippen molar-refractivity contribution in [2.45, 2.75) is 38.6 Å². The molecule has 5 rings (SSSR count). The van der Waals surface area contributed by atoms with Gasteiger partial charge in [-0.3, -0.25) is 0 Å². The third kappa shape index (κ3) is 4.44. The van der Waals surface area contributed by atoms with Crippen LogP contribution in [0, 0.1) is 26.6 Å². The first-order valence-corrected chi connectivity index (χ1v) is 13.3. The van der Waals surface area contributed by atoms with E-state index >= 15 is 0 Å². The molecule has 180 valence electrons. The van der Waals surface area contributed by atoms with Gasteiger partial charge in [-0.05, 0) is 79.8 Å². The number of benzene rings is 3. The van der Waals surface area contributed by atoms with Crippen LogP contribution in [-0.2, 0) is 16.6 Å². The molecule has 1 aliphatic rings. The fourth-order valence-corrected chi connectivity index (χ4v) is 6.71. The summed E-state index contributed by atoms with van der Waals surface area (Å²) in [4.78, 5) is 0.360. The van der Waals surface area contributed by atoms with Gasteiger partial charge in [0.05, 0.1) is 4.90 Å². The van der Waals surface area contributed by atoms with Crippen LogP contribution in [0.1, 0.15) is 34.4 Å². The summed E-state index contributed by atoms with van der Waals surface area (Å²) in [6.07, 6.45) is 2.70. The van der Waals surface area contributed by atoms with Crippen molar-refractivity contribution in [3.8, 4) is 0 Å². The lowest BCUT2D eigenvalue weighted by molar-refractivity contribution is 0.441. The molecule has 0 radical (unpaired) electrons. The molecule has 0 saturated heterocycles. The molecular weight excluding hydrogens is 459 g/mol. The number of fused-ring (bicyclic) bond motifs is 1. The number of aromatic nitrogens is 1. The van der Waals surface area contributed by atoms with Gasteiger partial charge >= 0.3 is 0 Å². The highest BCUT2D eigenvalue weighted by molar-refractivity contribution is 7.89. The number of rotatable bonds is 5. The molecule has 1 aromatic heterocycles. The van der Waals surface area contributed by atoms with Crippen LogP contribution in [0.5, 0.6) is 0 Å². The van der Waals surface area contributed by atoms with E-state index in [4.69, 9.17) is 0 Å². The molecule has 1 aliphatic heterocycles. The third-order valence-corrected chi connectivity index (χ3v) is 8.65. The normalized spacial score (nSPS) is 14.9. The summed E-state index contributed by atoms with van der Waals surface area (Å²) < 4.78 is 43.9. The number of aryl methyl sites for hydroxylation is 2. The van der Waals surface area contributed by atoms with Crippen molar-refractivity contribution >= 4 is 26.5 Å². The summed E-state index contributed by atoms with van der Waals surface area (Å²) in [5.74, 6) is -0.240. The molecule has 0 unspecified atom stereocenters. The molecule has 6 heteroatoms. The van der Waals surface area contributed by atoms with Gasteiger partial charge in [-0.15, -0.1) is 0 Å². The predicted octanol–water partition coefficient (Wildman–Crippen LogP) is 6.23. The Hall–Kier alpha value is -3.22. The lowest BCUT2D eigenvalue weighted by atomic mass is 9.97. The molecule has 2 heterocycles. The average molecular weight is 489 g/mol. The summed E-state index contributed by atoms with van der Waals surface area (Å²) >= 11 is 0. The lowest BCUT2D eigenvalue weighted by Crippen LogP contribution is -2.34. The topological polar surface area (TPSA) is 42.3 Å². The maximum absolute atomic E-state index is 13.4. The van der Waals surface area contributed by atoms with Gasteiger partial charge in [0, 0.05) is 41.8 Å². The van der Waals surface area contributed by atoms with E-state index in [-0.39, 0.29) is 5.82 Å². The van der Waals surface area contributed by atoms with Gasteiger partial charge in [-0.2, -0.15) is 4.31 Å². The van der Waals surface area contributed by atoms with E-state index in [1.165, 1.54) is 23.3 Å². The monoisotopic (exact) mass is 488 g/mol. The zero-order chi connectivity index (χ0) is 24.7. The SMILES string of the molecule is Cc1cc(C)cc(S(=O)(=O)N2CC=C(c3c(C)n(Cc4ccc(F)cc4)c4ccccc34)CC2)c1. The maximum atomic E-state index is 13.4. The van der Waals surface area contributed by atoms with Gasteiger partial charge in [-0.1, -0.05) is 42.5 Å². The van der Waals surface area contributed by atoms with Gasteiger partial charge in [0.15, 0.2) is 0 Å². The highest BCUT2D eigenvalue weighted by Gasteiger charge is 2.28. The Morgan fingerprint density at radius 3 is 2.26 bits per heavy atom. The van der Waals surface area contributed by atoms with E-state index < -0.39 is 10.0 Å². The predicted molar refractivity (Wildman–Crippen MR) is 139 cm³/mol. The Morgan fingerprint density at radius 1 is 0.914 bits per heavy atom. The molecule has 0 saturated carbocycles. The maximum Gasteiger partial charge on any atom is 0.243 e. The molecular formula is C29H29FN2O2S. The van der Waals surface area contributed by atoms with Crippen molar-refractivity contribution in [1.29, 1.82) is 0 Å². The second-order valence-corrected chi connectivity index (χ2v) is 11.3. The second kappa shape index (κ2) is 9.10. The highest BCUT2D eigenvalue weighted by atomic mass is 32.2. The Kier molecular flexibility index (Phi) is 6.11. The fraction of sp³-hybridized carbons (Fsp3) is 0.241. The molecule has 0 fully saturated rings. The zero-order valence-corrected chi connectivity index (χ0v) is 21.1. The fourth-order valence-electron chi connectivity index (χ4n) is 5.14. The number of para-hydroxylation sites is 1. The Morgan fingerprint density at radius 2 is 1.60 bits per heavy atom. The minimum absolute atomic E-state index is 0.240. The molecule has 4 nitrogen and oxygen atoms in total. The van der Waals surface area contributed by atoms with E-state index in [9.17, 15) is 12.8 Å². The van der Waals surface area contributed by atoms with Crippen molar-refractivity contribution in [2.24, 2.45) is 0 Å². The lowest BCUT2D eigenvalue weighted by Gasteiger charge is -2.26. The van der Waals surface area contributed by atoms with Crippen LogP contribution in [0.4, 0.5) is 4.39 Å². The van der Waals surface area contributed by atoms with Crippen LogP contribution in [-0.4, -0.2) is 30.4 Å². The zero-order valence-electron chi connectivity index (χ0n) is 20.3. The third-order valence-electron chi connectivity index (χ3n) is 6.81. The standard InChI is InChI=1S/C29H29FN2O2S/c1-20-16-21(2)18-26(17-20)35(33,34)31-14-12-24(13-15-31)29-22(3)32(28-7-5-4-6-27(28)29)19-23-8-10-25(30)11-9-23/h4-12,16-18H,13-15,19H2,1-3H3. The van der Waals surface area contributed by atoms with E-state index in [0.717, 1.165) is 33.3 Å². The van der Waals surface area contributed by atoms with Crippen LogP contribution in [0.25, 0.3) is 16.5 Å². The van der Waals surface area contributed by atoms with Crippen molar-refractivity contribution in [2.75, 3.05) is 13.1 Å². The number of hydrogen-bond acceptors (Lipinski definition) is 2. The number of halogens is 1. The molecule has 35 heavy (non-hydrogen) atoms. The van der Waals surface area contributed by atoms with E-state index in [1.54, 1.807) is 16.4 Å². The van der Waals surface area contributed by atoms with Crippen molar-refractivity contribution in [3.63, 3.8) is 0 Å². The minimum Gasteiger partial charge on any atom is -0.340 e. The Balaban J connectivity index is 1.49. The van der Waals surface area contributed by atoms with E-state index in [0.29, 0.717) is 31.0 Å². The molecule has 0 aliphatic carbocycles. The second-order valence-electron chi connectivity index (χ2n) is 9.36. The Bertz CT molecular complexity index is 1530. The minimum atomic E-state index is -3.55. The first-order valence-electron chi connectivity index (χ1n) is 11.8. The largest absolute Gasteiger partial charge is 0.340 e. The molecule has 0 spiro atoms. The molecule has 0 amide bonds. The Labute approximate surface area is 206 Å². The summed E-state index contributed by atoms with van der Waals surface area (Å²) in [7, 11) is -3.55. The molecule has 0 N–H and O–H groups in total. The summed E-state index contributed by atoms with van der Waals surface area (Å²) in [6, 6.07) is 20.4. The summed E-state index contributed by atoms with van der Waals surface area (Å²) in [5.41, 5.74) is 7.52. The van der Waals surface area contributed by atoms with Gasteiger partial charge < -0.3 is 4.57 Å². The first kappa shape index (κ1) is 23.5.